The third-order valence-electron chi connectivity index (χ3n) is 4.01. The van der Waals surface area contributed by atoms with Crippen molar-refractivity contribution in [1.29, 1.82) is 0 Å². The van der Waals surface area contributed by atoms with Crippen LogP contribution in [0.3, 0.4) is 0 Å². The second kappa shape index (κ2) is 7.94. The third kappa shape index (κ3) is 4.46. The van der Waals surface area contributed by atoms with E-state index in [0.717, 1.165) is 28.3 Å². The van der Waals surface area contributed by atoms with Crippen LogP contribution in [0.2, 0.25) is 0 Å². The molecule has 0 fully saturated rings. The first-order chi connectivity index (χ1) is 13.3. The van der Waals surface area contributed by atoms with Crippen molar-refractivity contribution in [1.82, 2.24) is 9.97 Å². The molecule has 0 spiro atoms. The second-order valence-corrected chi connectivity index (χ2v) is 6.85. The Morgan fingerprint density at radius 1 is 1.00 bits per heavy atom. The molecule has 0 unspecified atom stereocenters. The zero-order valence-electron chi connectivity index (χ0n) is 14.4. The van der Waals surface area contributed by atoms with Gasteiger partial charge in [-0.25, -0.2) is 9.97 Å². The number of aromatic nitrogens is 2. The minimum atomic E-state index is 0.0832. The van der Waals surface area contributed by atoms with Crippen LogP contribution >= 0.6 is 11.9 Å². The van der Waals surface area contributed by atoms with E-state index < -0.39 is 0 Å². The van der Waals surface area contributed by atoms with Crippen molar-refractivity contribution < 1.29 is 4.79 Å². The lowest BCUT2D eigenvalue weighted by atomic mass is 10.0. The minimum Gasteiger partial charge on any atom is -0.326 e. The molecule has 132 valence electrons. The molecular formula is C21H16N4OS. The molecule has 27 heavy (non-hydrogen) atoms. The topological polar surface area (TPSA) is 66.9 Å². The Hall–Kier alpha value is -3.30. The number of rotatable bonds is 3. The van der Waals surface area contributed by atoms with Gasteiger partial charge >= 0.3 is 0 Å². The van der Waals surface area contributed by atoms with Crippen molar-refractivity contribution in [3.05, 3.63) is 77.9 Å². The van der Waals surface area contributed by atoms with Crippen LogP contribution in [0, 0.1) is 11.8 Å². The lowest BCUT2D eigenvalue weighted by Crippen LogP contribution is -2.18. The quantitative estimate of drug-likeness (QED) is 0.539. The Labute approximate surface area is 161 Å². The molecule has 0 saturated carbocycles. The van der Waals surface area contributed by atoms with Gasteiger partial charge in [-0.2, -0.15) is 0 Å². The van der Waals surface area contributed by atoms with E-state index in [4.69, 9.17) is 0 Å². The highest BCUT2D eigenvalue weighted by Crippen LogP contribution is 2.29. The molecule has 5 nitrogen and oxygen atoms in total. The van der Waals surface area contributed by atoms with Crippen molar-refractivity contribution in [3.8, 4) is 11.8 Å². The van der Waals surface area contributed by atoms with Gasteiger partial charge in [-0.05, 0) is 72.3 Å². The zero-order valence-corrected chi connectivity index (χ0v) is 15.2. The Kier molecular flexibility index (Phi) is 5.04. The number of carbonyl (C=O) groups is 1. The Morgan fingerprint density at radius 3 is 2.78 bits per heavy atom. The third-order valence-corrected chi connectivity index (χ3v) is 4.83. The maximum Gasteiger partial charge on any atom is 0.224 e. The van der Waals surface area contributed by atoms with Gasteiger partial charge in [0, 0.05) is 40.6 Å². The lowest BCUT2D eigenvalue weighted by Gasteiger charge is -2.17. The van der Waals surface area contributed by atoms with Crippen LogP contribution in [0.5, 0.6) is 0 Å². The van der Waals surface area contributed by atoms with Crippen molar-refractivity contribution >= 4 is 29.2 Å². The number of fused-ring (bicyclic) bond motifs is 1. The molecule has 1 amide bonds. The monoisotopic (exact) mass is 372 g/mol. The van der Waals surface area contributed by atoms with Crippen molar-refractivity contribution in [2.75, 3.05) is 10.0 Å². The highest BCUT2D eigenvalue weighted by molar-refractivity contribution is 8.00. The summed E-state index contributed by atoms with van der Waals surface area (Å²) in [4.78, 5) is 20.7. The number of nitrogens with zero attached hydrogens (tertiary/aromatic N) is 2. The number of nitrogens with one attached hydrogen (secondary N) is 2. The molecule has 0 atom stereocenters. The number of amides is 1. The minimum absolute atomic E-state index is 0.0832. The highest BCUT2D eigenvalue weighted by atomic mass is 32.2. The highest BCUT2D eigenvalue weighted by Gasteiger charge is 2.14. The van der Waals surface area contributed by atoms with Gasteiger partial charge in [-0.1, -0.05) is 12.0 Å². The molecule has 6 heteroatoms. The summed E-state index contributed by atoms with van der Waals surface area (Å²) in [5.74, 6) is 6.63. The molecule has 2 aromatic carbocycles. The van der Waals surface area contributed by atoms with E-state index in [-0.39, 0.29) is 5.91 Å². The van der Waals surface area contributed by atoms with Gasteiger partial charge in [-0.15, -0.1) is 0 Å². The number of hydrogen-bond acceptors (Lipinski definition) is 5. The van der Waals surface area contributed by atoms with Crippen molar-refractivity contribution in [2.24, 2.45) is 0 Å². The van der Waals surface area contributed by atoms with Crippen molar-refractivity contribution in [3.63, 3.8) is 0 Å². The molecule has 0 radical (unpaired) electrons. The molecule has 3 aromatic rings. The number of anilines is 2. The van der Waals surface area contributed by atoms with E-state index >= 15 is 0 Å². The van der Waals surface area contributed by atoms with Gasteiger partial charge in [-0.3, -0.25) is 4.79 Å². The first-order valence-corrected chi connectivity index (χ1v) is 9.33. The standard InChI is InChI=1S/C21H16N4OS/c26-21-10-6-16-14-18(7-8-19(16)24-21)27-25-17-4-1-3-15(13-17)5-9-20-22-11-2-12-23-20/h1-4,7-8,11-14,25H,6,10H2,(H,24,26). The van der Waals surface area contributed by atoms with Gasteiger partial charge < -0.3 is 10.0 Å². The van der Waals surface area contributed by atoms with Gasteiger partial charge in [0.15, 0.2) is 0 Å². The fourth-order valence-electron chi connectivity index (χ4n) is 2.69. The van der Waals surface area contributed by atoms with Crippen LogP contribution in [0.15, 0.2) is 65.8 Å². The molecule has 2 N–H and O–H groups in total. The lowest BCUT2D eigenvalue weighted by molar-refractivity contribution is -0.116. The number of carbonyl (C=O) groups excluding carboxylic acids is 1. The summed E-state index contributed by atoms with van der Waals surface area (Å²) in [5, 5.41) is 2.90. The normalized spacial score (nSPS) is 12.4. The molecule has 0 saturated heterocycles. The van der Waals surface area contributed by atoms with Gasteiger partial charge in [0.25, 0.3) is 0 Å². The molecule has 0 aliphatic carbocycles. The van der Waals surface area contributed by atoms with E-state index in [1.165, 1.54) is 17.5 Å². The fourth-order valence-corrected chi connectivity index (χ4v) is 3.39. The predicted molar refractivity (Wildman–Crippen MR) is 107 cm³/mol. The molecule has 4 rings (SSSR count). The van der Waals surface area contributed by atoms with Crippen LogP contribution in [-0.2, 0) is 11.2 Å². The van der Waals surface area contributed by atoms with E-state index in [9.17, 15) is 4.79 Å². The number of benzene rings is 2. The predicted octanol–water partition coefficient (Wildman–Crippen LogP) is 3.88. The molecule has 0 bridgehead atoms. The molecule has 1 aromatic heterocycles. The number of aryl methyl sites for hydroxylation is 1. The molecule has 1 aliphatic heterocycles. The Balaban J connectivity index is 1.43. The second-order valence-electron chi connectivity index (χ2n) is 5.97. The van der Waals surface area contributed by atoms with Crippen LogP contribution in [0.4, 0.5) is 11.4 Å². The largest absolute Gasteiger partial charge is 0.326 e. The average molecular weight is 372 g/mol. The maximum atomic E-state index is 11.4. The first kappa shape index (κ1) is 17.1. The van der Waals surface area contributed by atoms with Crippen LogP contribution < -0.4 is 10.0 Å². The summed E-state index contributed by atoms with van der Waals surface area (Å²) in [5.41, 5.74) is 3.94. The summed E-state index contributed by atoms with van der Waals surface area (Å²) in [6.07, 6.45) is 4.67. The van der Waals surface area contributed by atoms with Crippen LogP contribution in [-0.4, -0.2) is 15.9 Å². The van der Waals surface area contributed by atoms with Crippen molar-refractivity contribution in [2.45, 2.75) is 17.7 Å². The maximum absolute atomic E-state index is 11.4. The van der Waals surface area contributed by atoms with E-state index in [0.29, 0.717) is 12.2 Å². The first-order valence-electron chi connectivity index (χ1n) is 8.51. The molecule has 2 heterocycles. The van der Waals surface area contributed by atoms with Crippen LogP contribution in [0.1, 0.15) is 23.4 Å². The van der Waals surface area contributed by atoms with Gasteiger partial charge in [0.05, 0.1) is 0 Å². The zero-order chi connectivity index (χ0) is 18.5. The van der Waals surface area contributed by atoms with E-state index in [1.807, 2.05) is 36.4 Å². The Morgan fingerprint density at radius 2 is 1.89 bits per heavy atom. The molecular weight excluding hydrogens is 356 g/mol. The van der Waals surface area contributed by atoms with E-state index in [2.05, 4.69) is 37.9 Å². The number of hydrogen-bond donors (Lipinski definition) is 2. The summed E-state index contributed by atoms with van der Waals surface area (Å²) in [6, 6.07) is 15.7. The average Bonchev–Trinajstić information content (AvgIpc) is 2.72. The molecule has 1 aliphatic rings. The SMILES string of the molecule is O=C1CCc2cc(SNc3cccc(C#Cc4ncccn4)c3)ccc2N1. The fraction of sp³-hybridized carbons (Fsp3) is 0.0952. The van der Waals surface area contributed by atoms with Gasteiger partial charge in [0.1, 0.15) is 0 Å². The van der Waals surface area contributed by atoms with E-state index in [1.54, 1.807) is 18.5 Å². The van der Waals surface area contributed by atoms with Crippen LogP contribution in [0.25, 0.3) is 0 Å². The summed E-state index contributed by atoms with van der Waals surface area (Å²) in [6.45, 7) is 0. The summed E-state index contributed by atoms with van der Waals surface area (Å²) < 4.78 is 3.35. The summed E-state index contributed by atoms with van der Waals surface area (Å²) in [7, 11) is 0. The summed E-state index contributed by atoms with van der Waals surface area (Å²) >= 11 is 1.53. The van der Waals surface area contributed by atoms with Gasteiger partial charge in [0.2, 0.25) is 11.7 Å². The Bertz CT molecular complexity index is 1040. The smallest absolute Gasteiger partial charge is 0.224 e.